The summed E-state index contributed by atoms with van der Waals surface area (Å²) in [5.41, 5.74) is 9.10. The molecule has 0 bridgehead atoms. The summed E-state index contributed by atoms with van der Waals surface area (Å²) in [6, 6.07) is 9.48. The van der Waals surface area contributed by atoms with E-state index in [-0.39, 0.29) is 11.4 Å². The van der Waals surface area contributed by atoms with E-state index in [0.29, 0.717) is 51.5 Å². The zero-order valence-electron chi connectivity index (χ0n) is 21.6. The highest BCUT2D eigenvalue weighted by molar-refractivity contribution is 5.81. The number of hydrogen-bond donors (Lipinski definition) is 2. The normalized spacial score (nSPS) is 11.6. The Morgan fingerprint density at radius 1 is 1.10 bits per heavy atom. The molecule has 0 saturated heterocycles. The number of nitrogens with two attached hydrogens (primary N) is 1. The molecule has 0 aliphatic rings. The largest absolute Gasteiger partial charge is 0.382 e. The maximum atomic E-state index is 14.5. The van der Waals surface area contributed by atoms with Crippen molar-refractivity contribution in [1.29, 1.82) is 0 Å². The lowest BCUT2D eigenvalue weighted by Crippen LogP contribution is -2.29. The molecule has 2 aromatic carbocycles. The van der Waals surface area contributed by atoms with Crippen LogP contribution in [0.25, 0.3) is 16.6 Å². The van der Waals surface area contributed by atoms with Crippen molar-refractivity contribution in [3.8, 4) is 17.5 Å². The highest BCUT2D eigenvalue weighted by Gasteiger charge is 2.23. The second kappa shape index (κ2) is 10.7. The first-order valence-electron chi connectivity index (χ1n) is 12.3. The molecular weight excluding hydrogens is 495 g/mol. The number of rotatable bonds is 5. The van der Waals surface area contributed by atoms with Gasteiger partial charge < -0.3 is 11.1 Å². The molecular formula is C29H25FN8O. The first-order valence-corrected chi connectivity index (χ1v) is 12.3. The van der Waals surface area contributed by atoms with Crippen LogP contribution in [-0.2, 0) is 0 Å². The van der Waals surface area contributed by atoms with E-state index in [2.05, 4.69) is 37.1 Å². The van der Waals surface area contributed by atoms with Crippen molar-refractivity contribution in [2.75, 3.05) is 11.1 Å². The SMILES string of the molecule is CCC(Nc1ncnc(N)c1C#Cc1cnccn1)c1nc2cccc(C)c2c(=O)n1-c1cc(C)cc(F)c1. The van der Waals surface area contributed by atoms with E-state index in [9.17, 15) is 9.18 Å². The van der Waals surface area contributed by atoms with Gasteiger partial charge in [0.1, 0.15) is 40.9 Å². The fraction of sp³-hybridized carbons (Fsp3) is 0.172. The summed E-state index contributed by atoms with van der Waals surface area (Å²) in [5.74, 6) is 6.41. The quantitative estimate of drug-likeness (QED) is 0.329. The Bertz CT molecular complexity index is 1790. The van der Waals surface area contributed by atoms with Gasteiger partial charge in [-0.2, -0.15) is 0 Å². The first-order chi connectivity index (χ1) is 18.9. The van der Waals surface area contributed by atoms with Crippen molar-refractivity contribution < 1.29 is 4.39 Å². The monoisotopic (exact) mass is 520 g/mol. The van der Waals surface area contributed by atoms with Crippen LogP contribution in [0, 0.1) is 31.5 Å². The third-order valence-electron chi connectivity index (χ3n) is 6.20. The van der Waals surface area contributed by atoms with Crippen LogP contribution in [0.5, 0.6) is 0 Å². The van der Waals surface area contributed by atoms with Gasteiger partial charge in [0.25, 0.3) is 5.56 Å². The van der Waals surface area contributed by atoms with Crippen molar-refractivity contribution >= 4 is 22.5 Å². The molecule has 3 N–H and O–H groups in total. The number of nitrogens with zero attached hydrogens (tertiary/aromatic N) is 6. The summed E-state index contributed by atoms with van der Waals surface area (Å²) in [7, 11) is 0. The average Bonchev–Trinajstić information content (AvgIpc) is 2.91. The van der Waals surface area contributed by atoms with Crippen molar-refractivity contribution in [2.24, 2.45) is 0 Å². The number of benzene rings is 2. The van der Waals surface area contributed by atoms with E-state index in [1.807, 2.05) is 26.0 Å². The van der Waals surface area contributed by atoms with Crippen LogP contribution in [0.4, 0.5) is 16.0 Å². The Balaban J connectivity index is 1.68. The molecule has 0 radical (unpaired) electrons. The van der Waals surface area contributed by atoms with Gasteiger partial charge in [0.05, 0.1) is 28.8 Å². The summed E-state index contributed by atoms with van der Waals surface area (Å²) in [4.78, 5) is 35.5. The third kappa shape index (κ3) is 5.15. The molecule has 39 heavy (non-hydrogen) atoms. The maximum Gasteiger partial charge on any atom is 0.266 e. The minimum absolute atomic E-state index is 0.180. The van der Waals surface area contributed by atoms with E-state index >= 15 is 0 Å². The number of anilines is 2. The topological polar surface area (TPSA) is 124 Å². The molecule has 0 fully saturated rings. The molecule has 3 aromatic heterocycles. The predicted octanol–water partition coefficient (Wildman–Crippen LogP) is 4.27. The zero-order chi connectivity index (χ0) is 27.5. The summed E-state index contributed by atoms with van der Waals surface area (Å²) in [6.07, 6.45) is 6.48. The number of halogens is 1. The number of fused-ring (bicyclic) bond motifs is 1. The minimum Gasteiger partial charge on any atom is -0.382 e. The summed E-state index contributed by atoms with van der Waals surface area (Å²) in [5, 5.41) is 3.82. The van der Waals surface area contributed by atoms with Crippen LogP contribution >= 0.6 is 0 Å². The molecule has 5 rings (SSSR count). The van der Waals surface area contributed by atoms with E-state index in [4.69, 9.17) is 10.7 Å². The smallest absolute Gasteiger partial charge is 0.266 e. The molecule has 0 aliphatic carbocycles. The summed E-state index contributed by atoms with van der Waals surface area (Å²) < 4.78 is 16.0. The van der Waals surface area contributed by atoms with E-state index in [1.165, 1.54) is 29.2 Å². The average molecular weight is 521 g/mol. The van der Waals surface area contributed by atoms with E-state index in [1.54, 1.807) is 31.5 Å². The van der Waals surface area contributed by atoms with Gasteiger partial charge in [0, 0.05) is 12.4 Å². The summed E-state index contributed by atoms with van der Waals surface area (Å²) >= 11 is 0. The third-order valence-corrected chi connectivity index (χ3v) is 6.20. The van der Waals surface area contributed by atoms with E-state index < -0.39 is 11.9 Å². The zero-order valence-corrected chi connectivity index (χ0v) is 21.6. The Kier molecular flexibility index (Phi) is 6.97. The van der Waals surface area contributed by atoms with Crippen LogP contribution in [0.1, 0.15) is 47.6 Å². The number of nitrogens with one attached hydrogen (secondary N) is 1. The molecule has 1 atom stereocenters. The minimum atomic E-state index is -0.516. The lowest BCUT2D eigenvalue weighted by molar-refractivity contribution is 0.620. The molecule has 9 nitrogen and oxygen atoms in total. The molecule has 0 aliphatic heterocycles. The van der Waals surface area contributed by atoms with Gasteiger partial charge in [-0.25, -0.2) is 24.3 Å². The first kappa shape index (κ1) is 25.5. The fourth-order valence-electron chi connectivity index (χ4n) is 4.38. The molecule has 194 valence electrons. The maximum absolute atomic E-state index is 14.5. The van der Waals surface area contributed by atoms with Crippen LogP contribution in [0.3, 0.4) is 0 Å². The lowest BCUT2D eigenvalue weighted by Gasteiger charge is -2.23. The highest BCUT2D eigenvalue weighted by atomic mass is 19.1. The van der Waals surface area contributed by atoms with Crippen LogP contribution in [0.15, 0.2) is 66.1 Å². The van der Waals surface area contributed by atoms with Crippen LogP contribution < -0.4 is 16.6 Å². The van der Waals surface area contributed by atoms with Crippen LogP contribution in [0.2, 0.25) is 0 Å². The highest BCUT2D eigenvalue weighted by Crippen LogP contribution is 2.27. The molecule has 0 amide bonds. The van der Waals surface area contributed by atoms with Crippen molar-refractivity contribution in [2.45, 2.75) is 33.2 Å². The second-order valence-electron chi connectivity index (χ2n) is 8.99. The number of aromatic nitrogens is 6. The van der Waals surface area contributed by atoms with E-state index in [0.717, 1.165) is 5.56 Å². The van der Waals surface area contributed by atoms with Gasteiger partial charge >= 0.3 is 0 Å². The molecule has 3 heterocycles. The van der Waals surface area contributed by atoms with Crippen molar-refractivity contribution in [3.63, 3.8) is 0 Å². The van der Waals surface area contributed by atoms with Gasteiger partial charge in [0.15, 0.2) is 0 Å². The van der Waals surface area contributed by atoms with Crippen molar-refractivity contribution in [1.82, 2.24) is 29.5 Å². The second-order valence-corrected chi connectivity index (χ2v) is 8.99. The van der Waals surface area contributed by atoms with Gasteiger partial charge in [-0.15, -0.1) is 0 Å². The Morgan fingerprint density at radius 3 is 2.69 bits per heavy atom. The lowest BCUT2D eigenvalue weighted by atomic mass is 10.1. The van der Waals surface area contributed by atoms with Gasteiger partial charge in [-0.3, -0.25) is 14.3 Å². The molecule has 10 heteroatoms. The molecule has 0 spiro atoms. The Morgan fingerprint density at radius 2 is 1.95 bits per heavy atom. The molecule has 0 saturated carbocycles. The fourth-order valence-corrected chi connectivity index (χ4v) is 4.38. The van der Waals surface area contributed by atoms with Gasteiger partial charge in [-0.1, -0.05) is 25.0 Å². The Hall–Kier alpha value is -5.17. The number of aryl methyl sites for hydroxylation is 2. The predicted molar refractivity (Wildman–Crippen MR) is 148 cm³/mol. The summed E-state index contributed by atoms with van der Waals surface area (Å²) in [6.45, 7) is 5.58. The standard InChI is InChI=1S/C29H25FN8O/c1-4-23(36-27-22(26(31)34-16-35-27)9-8-20-15-32-10-11-33-20)28-37-24-7-5-6-18(3)25(24)29(39)38(28)21-13-17(2)12-19(30)14-21/h5-7,10-16,23H,4H2,1-3H3,(H3,31,34,35,36). The van der Waals surface area contributed by atoms with Gasteiger partial charge in [-0.05, 0) is 61.6 Å². The Labute approximate surface area is 224 Å². The number of hydrogen-bond acceptors (Lipinski definition) is 8. The van der Waals surface area contributed by atoms with Gasteiger partial charge in [0.2, 0.25) is 0 Å². The van der Waals surface area contributed by atoms with Crippen molar-refractivity contribution in [3.05, 3.63) is 106 Å². The molecule has 5 aromatic rings. The number of nitrogen functional groups attached to an aromatic ring is 1. The molecule has 1 unspecified atom stereocenters. The van der Waals surface area contributed by atoms with Crippen LogP contribution in [-0.4, -0.2) is 29.5 Å².